The van der Waals surface area contributed by atoms with Crippen LogP contribution in [-0.4, -0.2) is 81.8 Å². The lowest BCUT2D eigenvalue weighted by atomic mass is 10.1. The van der Waals surface area contributed by atoms with Crippen molar-refractivity contribution in [2.75, 3.05) is 36.4 Å². The molecule has 0 radical (unpaired) electrons. The van der Waals surface area contributed by atoms with Gasteiger partial charge in [0.05, 0.1) is 58.8 Å². The molecule has 0 spiro atoms. The molecule has 0 unspecified atom stereocenters. The average molecular weight is 772 g/mol. The van der Waals surface area contributed by atoms with Crippen LogP contribution in [0.15, 0.2) is 97.3 Å². The van der Waals surface area contributed by atoms with Gasteiger partial charge in [0.25, 0.3) is 11.8 Å². The Balaban J connectivity index is 0.895. The topological polar surface area (TPSA) is 131 Å². The third-order valence-electron chi connectivity index (χ3n) is 11.0. The Kier molecular flexibility index (Phi) is 9.64. The fourth-order valence-corrected chi connectivity index (χ4v) is 8.18. The molecule has 9 rings (SSSR count). The molecule has 0 aliphatic carbocycles. The molecule has 292 valence electrons. The monoisotopic (exact) mass is 771 g/mol. The molecule has 13 heteroatoms. The van der Waals surface area contributed by atoms with Gasteiger partial charge < -0.3 is 15.1 Å². The summed E-state index contributed by atoms with van der Waals surface area (Å²) in [5, 5.41) is 15.1. The first-order chi connectivity index (χ1) is 28.3. The third-order valence-corrected chi connectivity index (χ3v) is 11.0. The highest BCUT2D eigenvalue weighted by atomic mass is 16.2. The smallest absolute Gasteiger partial charge is 0.274 e. The maximum Gasteiger partial charge on any atom is 0.274 e. The van der Waals surface area contributed by atoms with E-state index in [0.717, 1.165) is 68.1 Å². The van der Waals surface area contributed by atoms with Crippen LogP contribution in [0.25, 0.3) is 27.5 Å². The number of nitrogens with zero attached hydrogens (tertiary/aromatic N) is 10. The second-order valence-electron chi connectivity index (χ2n) is 14.8. The summed E-state index contributed by atoms with van der Waals surface area (Å²) in [5.41, 5.74) is 11.1. The third kappa shape index (κ3) is 6.82. The predicted octanol–water partition coefficient (Wildman–Crippen LogP) is 6.88. The first-order valence-corrected chi connectivity index (χ1v) is 19.9. The van der Waals surface area contributed by atoms with E-state index in [2.05, 4.69) is 56.9 Å². The van der Waals surface area contributed by atoms with Crippen molar-refractivity contribution >= 4 is 50.6 Å². The summed E-state index contributed by atoms with van der Waals surface area (Å²) in [6, 6.07) is 27.8. The molecule has 7 heterocycles. The first-order valence-electron chi connectivity index (χ1n) is 19.9. The van der Waals surface area contributed by atoms with Crippen LogP contribution in [-0.2, 0) is 25.9 Å². The number of pyridine rings is 3. The van der Waals surface area contributed by atoms with E-state index in [9.17, 15) is 9.59 Å². The van der Waals surface area contributed by atoms with E-state index >= 15 is 0 Å². The van der Waals surface area contributed by atoms with Crippen LogP contribution in [0.2, 0.25) is 0 Å². The lowest BCUT2D eigenvalue weighted by Gasteiger charge is -2.36. The standard InChI is InChI=1S/C45H45N11O2/c1-5-34-42-36(15-9-17-38(42)55(50-34)27-32-13-7-11-29(3)47-32)49-44(57)40-26-46-41-25-31(19-20-54(40)41)45(58)53-23-21-52(22-24-53)37-16-10-18-39-43(37)35(6-2)51-56(39)28-33-14-8-12-30(4)48-33/h7-20,25-26H,5-6,21-24,27-28H2,1-4H3,(H,49,57). The van der Waals surface area contributed by atoms with Crippen molar-refractivity contribution in [2.45, 2.75) is 53.6 Å². The molecule has 8 aromatic rings. The minimum atomic E-state index is -0.302. The number of aromatic nitrogens is 8. The van der Waals surface area contributed by atoms with Crippen molar-refractivity contribution in [1.29, 1.82) is 0 Å². The molecule has 2 aromatic carbocycles. The molecule has 1 aliphatic heterocycles. The number of rotatable bonds is 10. The second kappa shape index (κ2) is 15.2. The normalized spacial score (nSPS) is 13.2. The molecule has 0 bridgehead atoms. The van der Waals surface area contributed by atoms with Crippen LogP contribution in [0.3, 0.4) is 0 Å². The van der Waals surface area contributed by atoms with Gasteiger partial charge in [0.15, 0.2) is 0 Å². The van der Waals surface area contributed by atoms with Crippen LogP contribution in [0.4, 0.5) is 11.4 Å². The fourth-order valence-electron chi connectivity index (χ4n) is 8.18. The molecule has 0 saturated carbocycles. The van der Waals surface area contributed by atoms with Crippen LogP contribution >= 0.6 is 0 Å². The Morgan fingerprint density at radius 1 is 0.707 bits per heavy atom. The second-order valence-corrected chi connectivity index (χ2v) is 14.8. The number of piperazine rings is 1. The van der Waals surface area contributed by atoms with Crippen molar-refractivity contribution in [3.05, 3.63) is 143 Å². The molecule has 1 N–H and O–H groups in total. The van der Waals surface area contributed by atoms with Crippen molar-refractivity contribution in [1.82, 2.24) is 43.8 Å². The Morgan fingerprint density at radius 2 is 1.31 bits per heavy atom. The lowest BCUT2D eigenvalue weighted by Crippen LogP contribution is -2.48. The van der Waals surface area contributed by atoms with E-state index < -0.39 is 0 Å². The van der Waals surface area contributed by atoms with Gasteiger partial charge in [-0.25, -0.2) is 4.98 Å². The largest absolute Gasteiger partial charge is 0.367 e. The van der Waals surface area contributed by atoms with Gasteiger partial charge in [0, 0.05) is 65.8 Å². The van der Waals surface area contributed by atoms with Gasteiger partial charge >= 0.3 is 0 Å². The molecule has 1 fully saturated rings. The number of carbonyl (C=O) groups excluding carboxylic acids is 2. The van der Waals surface area contributed by atoms with E-state index in [0.29, 0.717) is 68.3 Å². The molecule has 1 aliphatic rings. The van der Waals surface area contributed by atoms with E-state index in [4.69, 9.17) is 15.2 Å². The lowest BCUT2D eigenvalue weighted by molar-refractivity contribution is 0.0746. The molecule has 1 saturated heterocycles. The van der Waals surface area contributed by atoms with Crippen LogP contribution in [0, 0.1) is 13.8 Å². The van der Waals surface area contributed by atoms with Gasteiger partial charge in [0.1, 0.15) is 11.3 Å². The number of anilines is 2. The highest BCUT2D eigenvalue weighted by Crippen LogP contribution is 2.32. The van der Waals surface area contributed by atoms with Gasteiger partial charge in [-0.1, -0.05) is 38.1 Å². The number of aryl methyl sites for hydroxylation is 4. The Hall–Kier alpha value is -6.89. The van der Waals surface area contributed by atoms with E-state index in [-0.39, 0.29) is 11.8 Å². The Bertz CT molecular complexity index is 2840. The van der Waals surface area contributed by atoms with Gasteiger partial charge in [-0.05, 0) is 87.4 Å². The summed E-state index contributed by atoms with van der Waals surface area (Å²) in [5.74, 6) is -0.359. The number of imidazole rings is 1. The minimum absolute atomic E-state index is 0.0567. The van der Waals surface area contributed by atoms with Crippen molar-refractivity contribution in [3.63, 3.8) is 0 Å². The summed E-state index contributed by atoms with van der Waals surface area (Å²) >= 11 is 0. The quantitative estimate of drug-likeness (QED) is 0.159. The molecular weight excluding hydrogens is 727 g/mol. The predicted molar refractivity (Wildman–Crippen MR) is 226 cm³/mol. The average Bonchev–Trinajstić information content (AvgIpc) is 3.94. The summed E-state index contributed by atoms with van der Waals surface area (Å²) in [7, 11) is 0. The summed E-state index contributed by atoms with van der Waals surface area (Å²) in [4.78, 5) is 45.8. The van der Waals surface area contributed by atoms with Crippen molar-refractivity contribution < 1.29 is 9.59 Å². The van der Waals surface area contributed by atoms with Gasteiger partial charge in [-0.15, -0.1) is 0 Å². The molecule has 2 amide bonds. The highest BCUT2D eigenvalue weighted by Gasteiger charge is 2.26. The first kappa shape index (κ1) is 36.7. The number of carbonyl (C=O) groups is 2. The van der Waals surface area contributed by atoms with Gasteiger partial charge in [-0.2, -0.15) is 10.2 Å². The summed E-state index contributed by atoms with van der Waals surface area (Å²) in [6.45, 7) is 11.9. The number of fused-ring (bicyclic) bond motifs is 3. The van der Waals surface area contributed by atoms with Crippen molar-refractivity contribution in [3.8, 4) is 0 Å². The zero-order valence-corrected chi connectivity index (χ0v) is 33.2. The Morgan fingerprint density at radius 3 is 1.95 bits per heavy atom. The molecule has 13 nitrogen and oxygen atoms in total. The molecule has 0 atom stereocenters. The summed E-state index contributed by atoms with van der Waals surface area (Å²) in [6.07, 6.45) is 4.82. The Labute approximate surface area is 336 Å². The zero-order valence-electron chi connectivity index (χ0n) is 33.2. The molecule has 6 aromatic heterocycles. The number of amides is 2. The summed E-state index contributed by atoms with van der Waals surface area (Å²) < 4.78 is 5.73. The maximum absolute atomic E-state index is 13.9. The SMILES string of the molecule is CCc1nn(Cc2cccc(C)n2)c2cccc(NC(=O)c3cnc4cc(C(=O)N5CCN(c6cccc7c6c(CC)nn7Cc6cccc(C)n6)CC5)ccn34)c12. The van der Waals surface area contributed by atoms with E-state index in [1.54, 1.807) is 28.9 Å². The van der Waals surface area contributed by atoms with Crippen LogP contribution in [0.5, 0.6) is 0 Å². The van der Waals surface area contributed by atoms with Crippen LogP contribution in [0.1, 0.15) is 68.9 Å². The fraction of sp³-hybridized carbons (Fsp3) is 0.267. The number of benzene rings is 2. The minimum Gasteiger partial charge on any atom is -0.367 e. The number of hydrogen-bond acceptors (Lipinski definition) is 8. The van der Waals surface area contributed by atoms with Gasteiger partial charge in [-0.3, -0.25) is 33.3 Å². The number of hydrogen-bond donors (Lipinski definition) is 1. The number of nitrogens with one attached hydrogen (secondary N) is 1. The molecular formula is C45H45N11O2. The van der Waals surface area contributed by atoms with Crippen molar-refractivity contribution in [2.24, 2.45) is 0 Å². The van der Waals surface area contributed by atoms with E-state index in [1.807, 2.05) is 78.0 Å². The maximum atomic E-state index is 13.9. The molecule has 58 heavy (non-hydrogen) atoms. The van der Waals surface area contributed by atoms with E-state index in [1.165, 1.54) is 0 Å². The highest BCUT2D eigenvalue weighted by molar-refractivity contribution is 6.09. The van der Waals surface area contributed by atoms with Crippen LogP contribution < -0.4 is 10.2 Å². The zero-order chi connectivity index (χ0) is 39.9. The van der Waals surface area contributed by atoms with Gasteiger partial charge in [0.2, 0.25) is 0 Å².